The molecule has 0 saturated heterocycles. The van der Waals surface area contributed by atoms with Gasteiger partial charge >= 0.3 is 0 Å². The van der Waals surface area contributed by atoms with Gasteiger partial charge in [-0.05, 0) is 12.3 Å². The van der Waals surface area contributed by atoms with Crippen molar-refractivity contribution >= 4 is 17.0 Å². The van der Waals surface area contributed by atoms with E-state index in [1.54, 1.807) is 0 Å². The molecular weight excluding hydrogens is 190 g/mol. The fraction of sp³-hybridized carbons (Fsp3) is 1.00. The van der Waals surface area contributed by atoms with Crippen molar-refractivity contribution in [1.29, 1.82) is 0 Å². The molecule has 0 aromatic carbocycles. The normalized spacial score (nSPS) is 12.9. The molecular formula is C8H20BrN. The Balaban J connectivity index is 0. The molecule has 0 radical (unpaired) electrons. The van der Waals surface area contributed by atoms with Crippen LogP contribution in [-0.4, -0.2) is 6.04 Å². The van der Waals surface area contributed by atoms with Gasteiger partial charge in [-0.3, -0.25) is 0 Å². The van der Waals surface area contributed by atoms with Gasteiger partial charge in [0.05, 0.1) is 0 Å². The summed E-state index contributed by atoms with van der Waals surface area (Å²) in [6.45, 7) is 6.58. The number of rotatable bonds is 4. The van der Waals surface area contributed by atoms with Crippen molar-refractivity contribution < 1.29 is 0 Å². The summed E-state index contributed by atoms with van der Waals surface area (Å²) >= 11 is 0. The zero-order valence-electron chi connectivity index (χ0n) is 7.26. The third kappa shape index (κ3) is 4.29. The Morgan fingerprint density at radius 2 is 1.40 bits per heavy atom. The molecule has 0 aromatic heterocycles. The molecule has 0 amide bonds. The van der Waals surface area contributed by atoms with E-state index in [-0.39, 0.29) is 17.0 Å². The van der Waals surface area contributed by atoms with Crippen LogP contribution in [0.3, 0.4) is 0 Å². The third-order valence-electron chi connectivity index (χ3n) is 2.13. The van der Waals surface area contributed by atoms with Gasteiger partial charge < -0.3 is 5.73 Å². The standard InChI is InChI=1S/C8H19N.BrH/c1-4-7(5-2)8(9)6-3;/h7-8H,4-6,9H2,1-3H3;1H. The molecule has 0 aliphatic heterocycles. The van der Waals surface area contributed by atoms with Crippen LogP contribution in [0, 0.1) is 5.92 Å². The van der Waals surface area contributed by atoms with Gasteiger partial charge in [0.2, 0.25) is 0 Å². The van der Waals surface area contributed by atoms with Crippen LogP contribution < -0.4 is 5.73 Å². The molecule has 2 heteroatoms. The highest BCUT2D eigenvalue weighted by Gasteiger charge is 2.10. The summed E-state index contributed by atoms with van der Waals surface area (Å²) in [4.78, 5) is 0. The second-order valence-electron chi connectivity index (χ2n) is 2.65. The molecule has 10 heavy (non-hydrogen) atoms. The average molecular weight is 210 g/mol. The van der Waals surface area contributed by atoms with Crippen LogP contribution in [0.25, 0.3) is 0 Å². The van der Waals surface area contributed by atoms with Crippen LogP contribution >= 0.6 is 17.0 Å². The van der Waals surface area contributed by atoms with Crippen LogP contribution in [0.1, 0.15) is 40.0 Å². The molecule has 0 aromatic rings. The number of halogens is 1. The molecule has 1 nitrogen and oxygen atoms in total. The monoisotopic (exact) mass is 209 g/mol. The van der Waals surface area contributed by atoms with E-state index in [0.717, 1.165) is 12.3 Å². The highest BCUT2D eigenvalue weighted by atomic mass is 79.9. The van der Waals surface area contributed by atoms with E-state index in [4.69, 9.17) is 5.73 Å². The summed E-state index contributed by atoms with van der Waals surface area (Å²) in [5.74, 6) is 0.745. The molecule has 1 atom stereocenters. The zero-order valence-corrected chi connectivity index (χ0v) is 8.97. The van der Waals surface area contributed by atoms with Crippen molar-refractivity contribution in [2.24, 2.45) is 11.7 Å². The maximum absolute atomic E-state index is 5.84. The smallest absolute Gasteiger partial charge is 0.00643 e. The maximum Gasteiger partial charge on any atom is 0.00643 e. The summed E-state index contributed by atoms with van der Waals surface area (Å²) in [5, 5.41) is 0. The second kappa shape index (κ2) is 7.55. The molecule has 2 N–H and O–H groups in total. The quantitative estimate of drug-likeness (QED) is 0.758. The summed E-state index contributed by atoms with van der Waals surface area (Å²) in [6.07, 6.45) is 3.57. The maximum atomic E-state index is 5.84. The molecule has 0 aliphatic carbocycles. The van der Waals surface area contributed by atoms with Crippen LogP contribution in [0.4, 0.5) is 0 Å². The molecule has 1 unspecified atom stereocenters. The van der Waals surface area contributed by atoms with E-state index in [2.05, 4.69) is 20.8 Å². The van der Waals surface area contributed by atoms with E-state index in [0.29, 0.717) is 6.04 Å². The van der Waals surface area contributed by atoms with E-state index in [1.807, 2.05) is 0 Å². The molecule has 0 rings (SSSR count). The molecule has 0 fully saturated rings. The Morgan fingerprint density at radius 3 is 1.50 bits per heavy atom. The fourth-order valence-electron chi connectivity index (χ4n) is 1.23. The predicted molar refractivity (Wildman–Crippen MR) is 52.7 cm³/mol. The van der Waals surface area contributed by atoms with Gasteiger partial charge in [-0.1, -0.05) is 33.6 Å². The predicted octanol–water partition coefficient (Wildman–Crippen LogP) is 2.74. The number of nitrogens with two attached hydrogens (primary N) is 1. The first-order valence-corrected chi connectivity index (χ1v) is 4.01. The molecule has 0 spiro atoms. The fourth-order valence-corrected chi connectivity index (χ4v) is 1.23. The van der Waals surface area contributed by atoms with Crippen LogP contribution in [0.5, 0.6) is 0 Å². The molecule has 0 heterocycles. The Bertz CT molecular complexity index is 62.3. The van der Waals surface area contributed by atoms with Crippen molar-refractivity contribution in [2.45, 2.75) is 46.1 Å². The molecule has 0 aliphatic rings. The van der Waals surface area contributed by atoms with Gasteiger partial charge in [0, 0.05) is 6.04 Å². The Kier molecular flexibility index (Phi) is 9.86. The van der Waals surface area contributed by atoms with Gasteiger partial charge in [0.1, 0.15) is 0 Å². The van der Waals surface area contributed by atoms with Gasteiger partial charge in [0.25, 0.3) is 0 Å². The SMILES string of the molecule is Br.CCC(N)C(CC)CC. The first kappa shape index (κ1) is 13.1. The van der Waals surface area contributed by atoms with E-state index in [1.165, 1.54) is 12.8 Å². The summed E-state index contributed by atoms with van der Waals surface area (Å²) in [5.41, 5.74) is 5.84. The van der Waals surface area contributed by atoms with Crippen molar-refractivity contribution in [1.82, 2.24) is 0 Å². The molecule has 0 bridgehead atoms. The van der Waals surface area contributed by atoms with Gasteiger partial charge in [-0.25, -0.2) is 0 Å². The Morgan fingerprint density at radius 1 is 1.00 bits per heavy atom. The lowest BCUT2D eigenvalue weighted by Crippen LogP contribution is -2.28. The largest absolute Gasteiger partial charge is 0.327 e. The number of hydrogen-bond donors (Lipinski definition) is 1. The van der Waals surface area contributed by atoms with Gasteiger partial charge in [-0.2, -0.15) is 0 Å². The summed E-state index contributed by atoms with van der Waals surface area (Å²) in [7, 11) is 0. The van der Waals surface area contributed by atoms with E-state index < -0.39 is 0 Å². The van der Waals surface area contributed by atoms with Crippen molar-refractivity contribution in [3.63, 3.8) is 0 Å². The van der Waals surface area contributed by atoms with Crippen LogP contribution in [0.15, 0.2) is 0 Å². The minimum absolute atomic E-state index is 0. The average Bonchev–Trinajstić information content (AvgIpc) is 1.90. The second-order valence-corrected chi connectivity index (χ2v) is 2.65. The van der Waals surface area contributed by atoms with Crippen LogP contribution in [-0.2, 0) is 0 Å². The summed E-state index contributed by atoms with van der Waals surface area (Å²) < 4.78 is 0. The Labute approximate surface area is 75.1 Å². The first-order valence-electron chi connectivity index (χ1n) is 4.01. The minimum Gasteiger partial charge on any atom is -0.327 e. The van der Waals surface area contributed by atoms with E-state index >= 15 is 0 Å². The van der Waals surface area contributed by atoms with Crippen molar-refractivity contribution in [2.75, 3.05) is 0 Å². The zero-order chi connectivity index (χ0) is 7.28. The highest BCUT2D eigenvalue weighted by Crippen LogP contribution is 2.12. The lowest BCUT2D eigenvalue weighted by Gasteiger charge is -2.18. The highest BCUT2D eigenvalue weighted by molar-refractivity contribution is 8.93. The lowest BCUT2D eigenvalue weighted by atomic mass is 9.93. The Hall–Kier alpha value is 0.440. The molecule has 64 valence electrons. The van der Waals surface area contributed by atoms with Crippen molar-refractivity contribution in [3.05, 3.63) is 0 Å². The lowest BCUT2D eigenvalue weighted by molar-refractivity contribution is 0.387. The first-order chi connectivity index (χ1) is 4.26. The van der Waals surface area contributed by atoms with E-state index in [9.17, 15) is 0 Å². The van der Waals surface area contributed by atoms with Crippen LogP contribution in [0.2, 0.25) is 0 Å². The summed E-state index contributed by atoms with van der Waals surface area (Å²) in [6, 6.07) is 0.431. The number of hydrogen-bond acceptors (Lipinski definition) is 1. The minimum atomic E-state index is 0. The third-order valence-corrected chi connectivity index (χ3v) is 2.13. The topological polar surface area (TPSA) is 26.0 Å². The van der Waals surface area contributed by atoms with Gasteiger partial charge in [0.15, 0.2) is 0 Å². The van der Waals surface area contributed by atoms with Crippen molar-refractivity contribution in [3.8, 4) is 0 Å². The van der Waals surface area contributed by atoms with Gasteiger partial charge in [-0.15, -0.1) is 17.0 Å². The molecule has 0 saturated carbocycles.